The van der Waals surface area contributed by atoms with E-state index in [9.17, 15) is 13.2 Å². The first-order valence-corrected chi connectivity index (χ1v) is 10.7. The third kappa shape index (κ3) is 4.36. The SMILES string of the molecule is Cc1cc(S(=O)(=O)N2CCN(C(=O)C3CCNCC3)CC2)c(C)s1.Cl. The van der Waals surface area contributed by atoms with Crippen molar-refractivity contribution in [3.05, 3.63) is 15.8 Å². The van der Waals surface area contributed by atoms with Crippen LogP contribution in [0, 0.1) is 19.8 Å². The molecule has 0 unspecified atom stereocenters. The molecular formula is C16H26ClN3O3S2. The number of hydrogen-bond donors (Lipinski definition) is 1. The maximum absolute atomic E-state index is 12.8. The summed E-state index contributed by atoms with van der Waals surface area (Å²) in [5.41, 5.74) is 0. The van der Waals surface area contributed by atoms with Crippen LogP contribution in [-0.4, -0.2) is 62.8 Å². The number of carbonyl (C=O) groups excluding carboxylic acids is 1. The Balaban J connectivity index is 0.00000225. The normalized spacial score (nSPS) is 20.3. The van der Waals surface area contributed by atoms with Gasteiger partial charge in [-0.05, 0) is 45.8 Å². The number of hydrogen-bond acceptors (Lipinski definition) is 5. The van der Waals surface area contributed by atoms with Crippen molar-refractivity contribution in [2.24, 2.45) is 5.92 Å². The zero-order valence-electron chi connectivity index (χ0n) is 14.7. The fraction of sp³-hybridized carbons (Fsp3) is 0.688. The molecule has 1 N–H and O–H groups in total. The van der Waals surface area contributed by atoms with E-state index in [2.05, 4.69) is 5.32 Å². The molecule has 0 aliphatic carbocycles. The fourth-order valence-corrected chi connectivity index (χ4v) is 6.42. The van der Waals surface area contributed by atoms with Crippen LogP contribution in [0.5, 0.6) is 0 Å². The molecule has 0 aromatic carbocycles. The minimum absolute atomic E-state index is 0. The number of halogens is 1. The number of nitrogens with one attached hydrogen (secondary N) is 1. The summed E-state index contributed by atoms with van der Waals surface area (Å²) in [4.78, 5) is 16.7. The fourth-order valence-electron chi connectivity index (χ4n) is 3.48. The van der Waals surface area contributed by atoms with Crippen LogP contribution in [0.25, 0.3) is 0 Å². The first-order chi connectivity index (χ1) is 11.4. The highest BCUT2D eigenvalue weighted by atomic mass is 35.5. The van der Waals surface area contributed by atoms with Crippen LogP contribution < -0.4 is 5.32 Å². The number of carbonyl (C=O) groups is 1. The molecule has 0 radical (unpaired) electrons. The average Bonchev–Trinajstić information content (AvgIpc) is 2.94. The molecule has 1 aromatic rings. The molecule has 0 bridgehead atoms. The van der Waals surface area contributed by atoms with Gasteiger partial charge in [0.05, 0.1) is 4.90 Å². The van der Waals surface area contributed by atoms with Crippen LogP contribution in [0.3, 0.4) is 0 Å². The van der Waals surface area contributed by atoms with E-state index < -0.39 is 10.0 Å². The monoisotopic (exact) mass is 407 g/mol. The maximum atomic E-state index is 12.8. The third-order valence-corrected chi connectivity index (χ3v) is 7.97. The highest BCUT2D eigenvalue weighted by Gasteiger charge is 2.33. The number of amides is 1. The van der Waals surface area contributed by atoms with Gasteiger partial charge in [-0.15, -0.1) is 23.7 Å². The molecule has 142 valence electrons. The van der Waals surface area contributed by atoms with Crippen molar-refractivity contribution in [3.8, 4) is 0 Å². The summed E-state index contributed by atoms with van der Waals surface area (Å²) in [6.45, 7) is 7.30. The second kappa shape index (κ2) is 8.35. The Morgan fingerprint density at radius 2 is 1.76 bits per heavy atom. The van der Waals surface area contributed by atoms with Crippen LogP contribution in [0.1, 0.15) is 22.6 Å². The smallest absolute Gasteiger partial charge is 0.244 e. The van der Waals surface area contributed by atoms with Gasteiger partial charge in [0, 0.05) is 41.9 Å². The summed E-state index contributed by atoms with van der Waals surface area (Å²) < 4.78 is 27.2. The van der Waals surface area contributed by atoms with E-state index in [1.54, 1.807) is 6.07 Å². The van der Waals surface area contributed by atoms with Gasteiger partial charge in [-0.1, -0.05) is 0 Å². The molecule has 3 rings (SSSR count). The van der Waals surface area contributed by atoms with Crippen LogP contribution in [0.4, 0.5) is 0 Å². The quantitative estimate of drug-likeness (QED) is 0.826. The van der Waals surface area contributed by atoms with E-state index in [1.165, 1.54) is 15.6 Å². The van der Waals surface area contributed by atoms with Gasteiger partial charge in [-0.2, -0.15) is 4.31 Å². The molecule has 2 aliphatic rings. The number of nitrogens with zero attached hydrogens (tertiary/aromatic N) is 2. The average molecular weight is 408 g/mol. The van der Waals surface area contributed by atoms with Gasteiger partial charge in [0.15, 0.2) is 0 Å². The number of thiophene rings is 1. The third-order valence-electron chi connectivity index (χ3n) is 4.85. The summed E-state index contributed by atoms with van der Waals surface area (Å²) in [5, 5.41) is 3.27. The summed E-state index contributed by atoms with van der Waals surface area (Å²) in [5.74, 6) is 0.285. The van der Waals surface area contributed by atoms with Gasteiger partial charge in [0.25, 0.3) is 0 Å². The maximum Gasteiger partial charge on any atom is 0.244 e. The standard InChI is InChI=1S/C16H25N3O3S2.ClH/c1-12-11-15(13(2)23-12)24(21,22)19-9-7-18(8-10-19)16(20)14-3-5-17-6-4-14;/h11,14,17H,3-10H2,1-2H3;1H. The van der Waals surface area contributed by atoms with Crippen molar-refractivity contribution in [2.45, 2.75) is 31.6 Å². The van der Waals surface area contributed by atoms with E-state index in [1.807, 2.05) is 18.7 Å². The Kier molecular flexibility index (Phi) is 6.89. The summed E-state index contributed by atoms with van der Waals surface area (Å²) in [7, 11) is -3.45. The number of aryl methyl sites for hydroxylation is 2. The largest absolute Gasteiger partial charge is 0.340 e. The Morgan fingerprint density at radius 3 is 2.28 bits per heavy atom. The predicted octanol–water partition coefficient (Wildman–Crippen LogP) is 1.62. The second-order valence-corrected chi connectivity index (χ2v) is 9.90. The van der Waals surface area contributed by atoms with Crippen molar-refractivity contribution < 1.29 is 13.2 Å². The number of rotatable bonds is 3. The molecule has 0 atom stereocenters. The molecule has 2 aliphatic heterocycles. The van der Waals surface area contributed by atoms with Crippen molar-refractivity contribution in [1.82, 2.24) is 14.5 Å². The minimum atomic E-state index is -3.45. The lowest BCUT2D eigenvalue weighted by molar-refractivity contribution is -0.137. The van der Waals surface area contributed by atoms with E-state index in [0.717, 1.165) is 35.7 Å². The molecule has 3 heterocycles. The number of piperazine rings is 1. The van der Waals surface area contributed by atoms with Crippen LogP contribution in [-0.2, 0) is 14.8 Å². The lowest BCUT2D eigenvalue weighted by Crippen LogP contribution is -2.52. The Hall–Kier alpha value is -0.670. The van der Waals surface area contributed by atoms with E-state index >= 15 is 0 Å². The summed E-state index contributed by atoms with van der Waals surface area (Å²) in [6.07, 6.45) is 1.76. The van der Waals surface area contributed by atoms with Crippen LogP contribution in [0.15, 0.2) is 11.0 Å². The van der Waals surface area contributed by atoms with Gasteiger partial charge in [-0.3, -0.25) is 4.79 Å². The zero-order valence-corrected chi connectivity index (χ0v) is 17.1. The molecule has 25 heavy (non-hydrogen) atoms. The molecule has 2 saturated heterocycles. The molecule has 2 fully saturated rings. The van der Waals surface area contributed by atoms with E-state index in [4.69, 9.17) is 0 Å². The number of sulfonamides is 1. The van der Waals surface area contributed by atoms with Crippen molar-refractivity contribution >= 4 is 39.7 Å². The van der Waals surface area contributed by atoms with Crippen LogP contribution >= 0.6 is 23.7 Å². The Morgan fingerprint density at radius 1 is 1.16 bits per heavy atom. The lowest BCUT2D eigenvalue weighted by Gasteiger charge is -2.36. The molecule has 1 aromatic heterocycles. The van der Waals surface area contributed by atoms with Gasteiger partial charge in [-0.25, -0.2) is 8.42 Å². The lowest BCUT2D eigenvalue weighted by atomic mass is 9.96. The molecule has 0 spiro atoms. The minimum Gasteiger partial charge on any atom is -0.340 e. The molecule has 9 heteroatoms. The Bertz CT molecular complexity index is 706. The number of piperidine rings is 1. The summed E-state index contributed by atoms with van der Waals surface area (Å²) >= 11 is 1.51. The molecule has 6 nitrogen and oxygen atoms in total. The molecule has 0 saturated carbocycles. The first-order valence-electron chi connectivity index (χ1n) is 8.46. The van der Waals surface area contributed by atoms with E-state index in [0.29, 0.717) is 31.1 Å². The first kappa shape index (κ1) is 20.6. The van der Waals surface area contributed by atoms with Gasteiger partial charge >= 0.3 is 0 Å². The molecular weight excluding hydrogens is 382 g/mol. The van der Waals surface area contributed by atoms with Gasteiger partial charge in [0.2, 0.25) is 15.9 Å². The van der Waals surface area contributed by atoms with E-state index in [-0.39, 0.29) is 24.2 Å². The van der Waals surface area contributed by atoms with Crippen LogP contribution in [0.2, 0.25) is 0 Å². The summed E-state index contributed by atoms with van der Waals surface area (Å²) in [6, 6.07) is 1.75. The second-order valence-electron chi connectivity index (χ2n) is 6.53. The predicted molar refractivity (Wildman–Crippen MR) is 102 cm³/mol. The molecule has 1 amide bonds. The van der Waals surface area contributed by atoms with Gasteiger partial charge < -0.3 is 10.2 Å². The van der Waals surface area contributed by atoms with Gasteiger partial charge in [0.1, 0.15) is 0 Å². The highest BCUT2D eigenvalue weighted by molar-refractivity contribution is 7.89. The van der Waals surface area contributed by atoms with Crippen molar-refractivity contribution in [2.75, 3.05) is 39.3 Å². The Labute approximate surface area is 160 Å². The zero-order chi connectivity index (χ0) is 17.3. The van der Waals surface area contributed by atoms with Crippen molar-refractivity contribution in [3.63, 3.8) is 0 Å². The van der Waals surface area contributed by atoms with Crippen molar-refractivity contribution in [1.29, 1.82) is 0 Å². The topological polar surface area (TPSA) is 69.7 Å². The highest BCUT2D eigenvalue weighted by Crippen LogP contribution is 2.28.